The molecule has 0 saturated heterocycles. The van der Waals surface area contributed by atoms with Crippen LogP contribution >= 0.6 is 0 Å². The Balaban J connectivity index is 0.000000948. The highest BCUT2D eigenvalue weighted by molar-refractivity contribution is 5.10. The van der Waals surface area contributed by atoms with Crippen LogP contribution in [0.2, 0.25) is 0 Å². The smallest absolute Gasteiger partial charge is 0.163 e. The summed E-state index contributed by atoms with van der Waals surface area (Å²) in [6.07, 6.45) is 10.2. The molecule has 0 aromatic heterocycles. The van der Waals surface area contributed by atoms with E-state index >= 15 is 0 Å². The average molecular weight is 367 g/mol. The lowest BCUT2D eigenvalue weighted by atomic mass is 9.44. The molecule has 5 unspecified atom stereocenters. The number of hydrogen-bond donors (Lipinski definition) is 3. The molecule has 4 saturated carbocycles. The zero-order valence-electron chi connectivity index (χ0n) is 17.7. The molecule has 0 radical (unpaired) electrons. The van der Waals surface area contributed by atoms with E-state index in [1.807, 2.05) is 13.8 Å². The first-order valence-corrected chi connectivity index (χ1v) is 11.3. The van der Waals surface area contributed by atoms with Gasteiger partial charge < -0.3 is 15.3 Å². The van der Waals surface area contributed by atoms with Crippen LogP contribution in [-0.4, -0.2) is 27.2 Å². The van der Waals surface area contributed by atoms with Crippen LogP contribution in [0.15, 0.2) is 0 Å². The molecule has 0 aromatic rings. The molecule has 3 nitrogen and oxygen atoms in total. The van der Waals surface area contributed by atoms with E-state index < -0.39 is 5.79 Å². The third-order valence-electron chi connectivity index (χ3n) is 9.30. The minimum atomic E-state index is -1.54. The molecule has 0 heterocycles. The Hall–Kier alpha value is -0.120. The lowest BCUT2D eigenvalue weighted by Gasteiger charge is -2.61. The van der Waals surface area contributed by atoms with Gasteiger partial charge in [0.05, 0.1) is 6.10 Å². The van der Waals surface area contributed by atoms with E-state index in [2.05, 4.69) is 13.8 Å². The third-order valence-corrected chi connectivity index (χ3v) is 9.30. The average Bonchev–Trinajstić information content (AvgIpc) is 2.95. The van der Waals surface area contributed by atoms with Gasteiger partial charge in [0.25, 0.3) is 0 Å². The van der Waals surface area contributed by atoms with Crippen molar-refractivity contribution in [3.05, 3.63) is 0 Å². The van der Waals surface area contributed by atoms with Crippen molar-refractivity contribution in [2.45, 2.75) is 104 Å². The number of aliphatic hydroxyl groups is 3. The molecule has 26 heavy (non-hydrogen) atoms. The summed E-state index contributed by atoms with van der Waals surface area (Å²) >= 11 is 0. The number of hydrogen-bond acceptors (Lipinski definition) is 3. The molecule has 0 amide bonds. The topological polar surface area (TPSA) is 60.7 Å². The molecule has 3 N–H and O–H groups in total. The van der Waals surface area contributed by atoms with E-state index in [4.69, 9.17) is 0 Å². The van der Waals surface area contributed by atoms with Gasteiger partial charge in [-0.15, -0.1) is 0 Å². The monoisotopic (exact) mass is 366 g/mol. The minimum Gasteiger partial charge on any atom is -0.393 e. The molecule has 0 aliphatic heterocycles. The van der Waals surface area contributed by atoms with Crippen LogP contribution in [0, 0.1) is 40.4 Å². The van der Waals surface area contributed by atoms with Gasteiger partial charge in [-0.1, -0.05) is 27.7 Å². The molecule has 4 aliphatic rings. The van der Waals surface area contributed by atoms with E-state index in [1.54, 1.807) is 6.92 Å². The molecule has 3 heteroatoms. The van der Waals surface area contributed by atoms with Gasteiger partial charge in [0.1, 0.15) is 0 Å². The highest BCUT2D eigenvalue weighted by Gasteiger charge is 2.62. The van der Waals surface area contributed by atoms with E-state index in [0.29, 0.717) is 17.3 Å². The Bertz CT molecular complexity index is 498. The second kappa shape index (κ2) is 7.04. The van der Waals surface area contributed by atoms with E-state index in [0.717, 1.165) is 37.5 Å². The molecule has 4 rings (SSSR count). The quantitative estimate of drug-likeness (QED) is 0.588. The number of fused-ring (bicyclic) bond motifs is 5. The van der Waals surface area contributed by atoms with Crippen molar-refractivity contribution in [2.24, 2.45) is 40.4 Å². The van der Waals surface area contributed by atoms with Crippen LogP contribution < -0.4 is 0 Å². The van der Waals surface area contributed by atoms with Gasteiger partial charge in [-0.2, -0.15) is 0 Å². The summed E-state index contributed by atoms with van der Waals surface area (Å²) in [6, 6.07) is 0. The van der Waals surface area contributed by atoms with Gasteiger partial charge in [0, 0.05) is 5.92 Å². The van der Waals surface area contributed by atoms with Crippen LogP contribution in [0.4, 0.5) is 0 Å². The molecule has 4 aliphatic carbocycles. The molecule has 152 valence electrons. The molecule has 0 spiro atoms. The first-order chi connectivity index (χ1) is 12.2. The molecule has 8 atom stereocenters. The summed E-state index contributed by atoms with van der Waals surface area (Å²) in [5.74, 6) is 1.38. The standard InChI is InChI=1S/C21H36O3.C2H6/c1-19-10-8-14(22)12-13(19)4-5-15-16-6-7-18(21(3,23)24)20(16,2)11-9-17(15)19;1-2/h13-18,22-24H,4-12H2,1-3H3;1-2H3/t13-,14-,15?,16?,17?,18?,19?,20-;/m0./s1. The minimum absolute atomic E-state index is 0.0228. The Morgan fingerprint density at radius 3 is 2.08 bits per heavy atom. The fourth-order valence-corrected chi connectivity index (χ4v) is 8.13. The summed E-state index contributed by atoms with van der Waals surface area (Å²) < 4.78 is 0. The van der Waals surface area contributed by atoms with Crippen molar-refractivity contribution in [3.8, 4) is 0 Å². The largest absolute Gasteiger partial charge is 0.393 e. The molecule has 4 fully saturated rings. The maximum absolute atomic E-state index is 10.3. The van der Waals surface area contributed by atoms with Crippen LogP contribution in [0.1, 0.15) is 92.4 Å². The lowest BCUT2D eigenvalue weighted by Crippen LogP contribution is -2.55. The normalized spacial score (nSPS) is 50.8. The van der Waals surface area contributed by atoms with Gasteiger partial charge in [-0.25, -0.2) is 0 Å². The summed E-state index contributed by atoms with van der Waals surface area (Å²) in [4.78, 5) is 0. The first-order valence-electron chi connectivity index (χ1n) is 11.3. The summed E-state index contributed by atoms with van der Waals surface area (Å²) in [6.45, 7) is 10.4. The van der Waals surface area contributed by atoms with E-state index in [-0.39, 0.29) is 17.4 Å². The fraction of sp³-hybridized carbons (Fsp3) is 1.00. The van der Waals surface area contributed by atoms with Crippen molar-refractivity contribution in [3.63, 3.8) is 0 Å². The van der Waals surface area contributed by atoms with Gasteiger partial charge in [-0.3, -0.25) is 0 Å². The second-order valence-corrected chi connectivity index (χ2v) is 10.4. The van der Waals surface area contributed by atoms with Gasteiger partial charge in [0.15, 0.2) is 5.79 Å². The molecule has 0 bridgehead atoms. The Labute approximate surface area is 160 Å². The summed E-state index contributed by atoms with van der Waals surface area (Å²) in [7, 11) is 0. The molecular formula is C23H42O3. The van der Waals surface area contributed by atoms with Crippen LogP contribution in [0.3, 0.4) is 0 Å². The second-order valence-electron chi connectivity index (χ2n) is 10.4. The molecule has 0 aromatic carbocycles. The first kappa shape index (κ1) is 20.6. The molecular weight excluding hydrogens is 324 g/mol. The Morgan fingerprint density at radius 2 is 1.42 bits per heavy atom. The Kier molecular flexibility index (Phi) is 5.58. The SMILES string of the molecule is CC.CC(O)(O)C1CCC2C3CC[C@H]4C[C@@H](O)CCC4(C)C3CC[C@@]21C. The van der Waals surface area contributed by atoms with Crippen molar-refractivity contribution in [1.29, 1.82) is 0 Å². The van der Waals surface area contributed by atoms with Gasteiger partial charge in [0.2, 0.25) is 0 Å². The van der Waals surface area contributed by atoms with E-state index in [1.165, 1.54) is 32.1 Å². The fourth-order valence-electron chi connectivity index (χ4n) is 8.13. The predicted molar refractivity (Wildman–Crippen MR) is 105 cm³/mol. The third kappa shape index (κ3) is 3.06. The lowest BCUT2D eigenvalue weighted by molar-refractivity contribution is -0.222. The maximum atomic E-state index is 10.3. The number of aliphatic hydroxyl groups excluding tert-OH is 1. The van der Waals surface area contributed by atoms with Gasteiger partial charge in [-0.05, 0) is 99.2 Å². The number of rotatable bonds is 1. The zero-order chi connectivity index (χ0) is 19.3. The van der Waals surface area contributed by atoms with Crippen molar-refractivity contribution in [1.82, 2.24) is 0 Å². The summed E-state index contributed by atoms with van der Waals surface area (Å²) in [5, 5.41) is 30.7. The van der Waals surface area contributed by atoms with Crippen LogP contribution in [0.25, 0.3) is 0 Å². The van der Waals surface area contributed by atoms with Gasteiger partial charge >= 0.3 is 0 Å². The maximum Gasteiger partial charge on any atom is 0.163 e. The Morgan fingerprint density at radius 1 is 0.808 bits per heavy atom. The predicted octanol–water partition coefficient (Wildman–Crippen LogP) is 4.73. The van der Waals surface area contributed by atoms with Crippen molar-refractivity contribution >= 4 is 0 Å². The van der Waals surface area contributed by atoms with Crippen molar-refractivity contribution < 1.29 is 15.3 Å². The van der Waals surface area contributed by atoms with Crippen LogP contribution in [-0.2, 0) is 0 Å². The van der Waals surface area contributed by atoms with Crippen molar-refractivity contribution in [2.75, 3.05) is 0 Å². The highest BCUT2D eigenvalue weighted by Crippen LogP contribution is 2.68. The highest BCUT2D eigenvalue weighted by atomic mass is 16.5. The summed E-state index contributed by atoms with van der Waals surface area (Å²) in [5.41, 5.74) is 0.500. The van der Waals surface area contributed by atoms with Crippen LogP contribution in [0.5, 0.6) is 0 Å². The van der Waals surface area contributed by atoms with E-state index in [9.17, 15) is 15.3 Å². The zero-order valence-corrected chi connectivity index (χ0v) is 17.7.